The predicted octanol–water partition coefficient (Wildman–Crippen LogP) is 6.55. The van der Waals surface area contributed by atoms with Gasteiger partial charge in [0.1, 0.15) is 11.2 Å². The summed E-state index contributed by atoms with van der Waals surface area (Å²) >= 11 is 0. The van der Waals surface area contributed by atoms with Crippen molar-refractivity contribution in [1.29, 1.82) is 0 Å². The Balaban J connectivity index is 2.03. The van der Waals surface area contributed by atoms with Gasteiger partial charge in [-0.2, -0.15) is 0 Å². The molecule has 1 nitrogen and oxygen atoms in total. The van der Waals surface area contributed by atoms with Crippen molar-refractivity contribution in [3.63, 3.8) is 0 Å². The van der Waals surface area contributed by atoms with Gasteiger partial charge in [0.25, 0.3) is 0 Å². The molecule has 1 heteroatoms. The second-order valence-electron chi connectivity index (χ2n) is 7.11. The zero-order valence-electron chi connectivity index (χ0n) is 13.8. The van der Waals surface area contributed by atoms with Gasteiger partial charge in [0.2, 0.25) is 0 Å². The molecule has 0 spiro atoms. The summed E-state index contributed by atoms with van der Waals surface area (Å²) in [5, 5.41) is 2.38. The van der Waals surface area contributed by atoms with Crippen LogP contribution in [0.1, 0.15) is 26.3 Å². The third-order valence-electron chi connectivity index (χ3n) is 4.44. The summed E-state index contributed by atoms with van der Waals surface area (Å²) in [6, 6.07) is 23.4. The number of fused-ring (bicyclic) bond motifs is 3. The van der Waals surface area contributed by atoms with Crippen LogP contribution in [0.25, 0.3) is 33.1 Å². The Morgan fingerprint density at radius 3 is 2.30 bits per heavy atom. The van der Waals surface area contributed by atoms with Gasteiger partial charge in [-0.15, -0.1) is 0 Å². The van der Waals surface area contributed by atoms with Crippen molar-refractivity contribution < 1.29 is 4.42 Å². The van der Waals surface area contributed by atoms with Gasteiger partial charge in [-0.05, 0) is 34.2 Å². The zero-order valence-corrected chi connectivity index (χ0v) is 13.8. The van der Waals surface area contributed by atoms with E-state index in [1.807, 2.05) is 18.2 Å². The summed E-state index contributed by atoms with van der Waals surface area (Å²) in [7, 11) is 0. The van der Waals surface area contributed by atoms with E-state index < -0.39 is 0 Å². The fraction of sp³-hybridized carbons (Fsp3) is 0.182. The van der Waals surface area contributed by atoms with Crippen LogP contribution in [-0.4, -0.2) is 0 Å². The molecule has 0 saturated heterocycles. The molecule has 1 heterocycles. The van der Waals surface area contributed by atoms with Crippen LogP contribution in [0.5, 0.6) is 0 Å². The van der Waals surface area contributed by atoms with E-state index in [1.165, 1.54) is 27.5 Å². The maximum absolute atomic E-state index is 6.01. The Kier molecular flexibility index (Phi) is 3.05. The van der Waals surface area contributed by atoms with Crippen molar-refractivity contribution in [1.82, 2.24) is 0 Å². The molecular weight excluding hydrogens is 280 g/mol. The van der Waals surface area contributed by atoms with Gasteiger partial charge in [0.05, 0.1) is 0 Å². The zero-order chi connectivity index (χ0) is 16.0. The average Bonchev–Trinajstić information content (AvgIpc) is 2.93. The van der Waals surface area contributed by atoms with Crippen molar-refractivity contribution in [2.75, 3.05) is 0 Å². The number of hydrogen-bond acceptors (Lipinski definition) is 1. The largest absolute Gasteiger partial charge is 0.456 e. The lowest BCUT2D eigenvalue weighted by atomic mass is 9.85. The number of hydrogen-bond donors (Lipinski definition) is 0. The smallest absolute Gasteiger partial charge is 0.136 e. The second-order valence-corrected chi connectivity index (χ2v) is 7.11. The lowest BCUT2D eigenvalue weighted by Crippen LogP contribution is -2.10. The Hall–Kier alpha value is -2.54. The normalized spacial score (nSPS) is 12.1. The van der Waals surface area contributed by atoms with Gasteiger partial charge >= 0.3 is 0 Å². The van der Waals surface area contributed by atoms with Crippen molar-refractivity contribution in [3.8, 4) is 11.1 Å². The van der Waals surface area contributed by atoms with E-state index in [0.717, 1.165) is 11.2 Å². The summed E-state index contributed by atoms with van der Waals surface area (Å²) in [6.07, 6.45) is 0. The molecule has 0 bridgehead atoms. The molecule has 0 fully saturated rings. The van der Waals surface area contributed by atoms with Crippen molar-refractivity contribution in [3.05, 3.63) is 72.3 Å². The van der Waals surface area contributed by atoms with Crippen LogP contribution in [-0.2, 0) is 5.41 Å². The highest BCUT2D eigenvalue weighted by atomic mass is 16.3. The maximum Gasteiger partial charge on any atom is 0.136 e. The van der Waals surface area contributed by atoms with Crippen LogP contribution >= 0.6 is 0 Å². The number of benzene rings is 3. The van der Waals surface area contributed by atoms with Crippen LogP contribution < -0.4 is 0 Å². The monoisotopic (exact) mass is 300 g/mol. The first kappa shape index (κ1) is 14.1. The molecular formula is C22H20O. The van der Waals surface area contributed by atoms with E-state index in [2.05, 4.69) is 69.3 Å². The topological polar surface area (TPSA) is 13.1 Å². The average molecular weight is 300 g/mol. The predicted molar refractivity (Wildman–Crippen MR) is 97.9 cm³/mol. The summed E-state index contributed by atoms with van der Waals surface area (Å²) in [4.78, 5) is 0. The standard InChI is InChI=1S/C22H20O/c1-22(2,3)16-9-6-8-15(14-16)17-11-7-13-20-21(17)18-10-4-5-12-19(18)23-20/h4-14H,1-3H3. The minimum Gasteiger partial charge on any atom is -0.456 e. The van der Waals surface area contributed by atoms with Gasteiger partial charge < -0.3 is 4.42 Å². The van der Waals surface area contributed by atoms with Crippen LogP contribution in [0, 0.1) is 0 Å². The third-order valence-corrected chi connectivity index (χ3v) is 4.44. The Labute approximate surface area is 136 Å². The molecule has 4 rings (SSSR count). The summed E-state index contributed by atoms with van der Waals surface area (Å²) in [5.41, 5.74) is 5.86. The molecule has 1 aromatic heterocycles. The van der Waals surface area contributed by atoms with Crippen molar-refractivity contribution in [2.24, 2.45) is 0 Å². The van der Waals surface area contributed by atoms with Gasteiger partial charge in [0, 0.05) is 10.8 Å². The van der Waals surface area contributed by atoms with Gasteiger partial charge in [-0.3, -0.25) is 0 Å². The first-order valence-electron chi connectivity index (χ1n) is 8.05. The van der Waals surface area contributed by atoms with Crippen LogP contribution in [0.4, 0.5) is 0 Å². The Morgan fingerprint density at radius 2 is 1.48 bits per heavy atom. The first-order chi connectivity index (χ1) is 11.0. The molecule has 0 saturated carbocycles. The van der Waals surface area contributed by atoms with Crippen molar-refractivity contribution >= 4 is 21.9 Å². The van der Waals surface area contributed by atoms with Gasteiger partial charge in [-0.25, -0.2) is 0 Å². The first-order valence-corrected chi connectivity index (χ1v) is 8.05. The Morgan fingerprint density at radius 1 is 0.739 bits per heavy atom. The molecule has 4 aromatic rings. The van der Waals surface area contributed by atoms with E-state index in [4.69, 9.17) is 4.42 Å². The molecule has 23 heavy (non-hydrogen) atoms. The minimum absolute atomic E-state index is 0.141. The van der Waals surface area contributed by atoms with E-state index in [1.54, 1.807) is 0 Å². The van der Waals surface area contributed by atoms with E-state index in [0.29, 0.717) is 0 Å². The molecule has 3 aromatic carbocycles. The number of furan rings is 1. The molecule has 0 aliphatic rings. The quantitative estimate of drug-likeness (QED) is 0.388. The third kappa shape index (κ3) is 2.33. The molecule has 0 N–H and O–H groups in total. The maximum atomic E-state index is 6.01. The second kappa shape index (κ2) is 4.99. The lowest BCUT2D eigenvalue weighted by Gasteiger charge is -2.20. The molecule has 114 valence electrons. The molecule has 0 aliphatic heterocycles. The van der Waals surface area contributed by atoms with Crippen LogP contribution in [0.3, 0.4) is 0 Å². The van der Waals surface area contributed by atoms with E-state index in [9.17, 15) is 0 Å². The van der Waals surface area contributed by atoms with Gasteiger partial charge in [0.15, 0.2) is 0 Å². The number of para-hydroxylation sites is 1. The van der Waals surface area contributed by atoms with Gasteiger partial charge in [-0.1, -0.05) is 75.4 Å². The Bertz CT molecular complexity index is 999. The summed E-state index contributed by atoms with van der Waals surface area (Å²) in [6.45, 7) is 6.75. The molecule has 0 atom stereocenters. The minimum atomic E-state index is 0.141. The molecule has 0 radical (unpaired) electrons. The SMILES string of the molecule is CC(C)(C)c1cccc(-c2cccc3oc4ccccc4c23)c1. The molecule has 0 amide bonds. The summed E-state index contributed by atoms with van der Waals surface area (Å²) < 4.78 is 6.01. The van der Waals surface area contributed by atoms with E-state index >= 15 is 0 Å². The molecule has 0 aliphatic carbocycles. The van der Waals surface area contributed by atoms with Crippen LogP contribution in [0.2, 0.25) is 0 Å². The van der Waals surface area contributed by atoms with Crippen LogP contribution in [0.15, 0.2) is 71.1 Å². The lowest BCUT2D eigenvalue weighted by molar-refractivity contribution is 0.590. The highest BCUT2D eigenvalue weighted by molar-refractivity contribution is 6.12. The fourth-order valence-electron chi connectivity index (χ4n) is 3.17. The molecule has 0 unspecified atom stereocenters. The highest BCUT2D eigenvalue weighted by Crippen LogP contribution is 2.37. The number of rotatable bonds is 1. The van der Waals surface area contributed by atoms with Crippen molar-refractivity contribution in [2.45, 2.75) is 26.2 Å². The summed E-state index contributed by atoms with van der Waals surface area (Å²) in [5.74, 6) is 0. The fourth-order valence-corrected chi connectivity index (χ4v) is 3.17. The highest BCUT2D eigenvalue weighted by Gasteiger charge is 2.16. The van der Waals surface area contributed by atoms with E-state index in [-0.39, 0.29) is 5.41 Å².